The van der Waals surface area contributed by atoms with Gasteiger partial charge in [0.05, 0.1) is 6.61 Å². The molecule has 0 saturated heterocycles. The van der Waals surface area contributed by atoms with E-state index in [1.807, 2.05) is 68.4 Å². The van der Waals surface area contributed by atoms with E-state index in [1.54, 1.807) is 4.90 Å². The third kappa shape index (κ3) is 5.61. The van der Waals surface area contributed by atoms with Crippen LogP contribution in [-0.4, -0.2) is 30.6 Å². The average Bonchev–Trinajstić information content (AvgIpc) is 2.61. The zero-order chi connectivity index (χ0) is 17.2. The second-order valence-electron chi connectivity index (χ2n) is 5.70. The molecule has 2 amide bonds. The first kappa shape index (κ1) is 17.9. The van der Waals surface area contributed by atoms with Crippen LogP contribution in [0.2, 0.25) is 0 Å². The zero-order valence-electron chi connectivity index (χ0n) is 14.5. The maximum atomic E-state index is 12.2. The highest BCUT2D eigenvalue weighted by atomic mass is 16.5. The largest absolute Gasteiger partial charge is 0.493 e. The van der Waals surface area contributed by atoms with Gasteiger partial charge in [0.15, 0.2) is 0 Å². The van der Waals surface area contributed by atoms with Crippen LogP contribution in [0.1, 0.15) is 24.5 Å². The number of rotatable bonds is 8. The number of urea groups is 1. The quantitative estimate of drug-likeness (QED) is 0.745. The predicted molar refractivity (Wildman–Crippen MR) is 97.2 cm³/mol. The van der Waals surface area contributed by atoms with Crippen LogP contribution in [-0.2, 0) is 6.54 Å². The molecule has 4 heteroatoms. The van der Waals surface area contributed by atoms with Gasteiger partial charge in [0.2, 0.25) is 0 Å². The van der Waals surface area contributed by atoms with Crippen molar-refractivity contribution >= 4 is 6.03 Å². The molecule has 0 aliphatic rings. The lowest BCUT2D eigenvalue weighted by Crippen LogP contribution is -2.40. The number of para-hydroxylation sites is 1. The first-order valence-corrected chi connectivity index (χ1v) is 8.46. The highest BCUT2D eigenvalue weighted by molar-refractivity contribution is 5.74. The third-order valence-electron chi connectivity index (χ3n) is 3.83. The van der Waals surface area contributed by atoms with E-state index < -0.39 is 0 Å². The first-order valence-electron chi connectivity index (χ1n) is 8.46. The van der Waals surface area contributed by atoms with Gasteiger partial charge in [-0.25, -0.2) is 4.79 Å². The minimum atomic E-state index is -0.0303. The van der Waals surface area contributed by atoms with E-state index in [0.717, 1.165) is 23.3 Å². The van der Waals surface area contributed by atoms with Crippen molar-refractivity contribution in [2.75, 3.05) is 19.7 Å². The van der Waals surface area contributed by atoms with Crippen LogP contribution >= 0.6 is 0 Å². The van der Waals surface area contributed by atoms with Crippen molar-refractivity contribution in [3.05, 3.63) is 65.7 Å². The van der Waals surface area contributed by atoms with Gasteiger partial charge in [0, 0.05) is 19.6 Å². The summed E-state index contributed by atoms with van der Waals surface area (Å²) in [6.45, 7) is 6.53. The van der Waals surface area contributed by atoms with Gasteiger partial charge in [0.25, 0.3) is 0 Å². The van der Waals surface area contributed by atoms with Crippen molar-refractivity contribution in [3.8, 4) is 5.75 Å². The fourth-order valence-corrected chi connectivity index (χ4v) is 2.41. The van der Waals surface area contributed by atoms with Gasteiger partial charge in [-0.05, 0) is 37.5 Å². The summed E-state index contributed by atoms with van der Waals surface area (Å²) in [5, 5.41) is 2.96. The number of carbonyl (C=O) groups is 1. The number of nitrogens with one attached hydrogen (secondary N) is 1. The number of aryl methyl sites for hydroxylation is 1. The molecule has 0 fully saturated rings. The first-order chi connectivity index (χ1) is 11.7. The van der Waals surface area contributed by atoms with Crippen LogP contribution in [0.4, 0.5) is 4.79 Å². The maximum absolute atomic E-state index is 12.2. The van der Waals surface area contributed by atoms with E-state index >= 15 is 0 Å². The lowest BCUT2D eigenvalue weighted by molar-refractivity contribution is 0.197. The van der Waals surface area contributed by atoms with E-state index in [-0.39, 0.29) is 6.03 Å². The topological polar surface area (TPSA) is 41.6 Å². The Labute approximate surface area is 144 Å². The second kappa shape index (κ2) is 9.60. The smallest absolute Gasteiger partial charge is 0.317 e. The fourth-order valence-electron chi connectivity index (χ4n) is 2.41. The Morgan fingerprint density at radius 3 is 2.50 bits per heavy atom. The van der Waals surface area contributed by atoms with Crippen molar-refractivity contribution < 1.29 is 9.53 Å². The van der Waals surface area contributed by atoms with Crippen LogP contribution in [0.25, 0.3) is 0 Å². The highest BCUT2D eigenvalue weighted by Gasteiger charge is 2.11. The second-order valence-corrected chi connectivity index (χ2v) is 5.70. The molecular weight excluding hydrogens is 300 g/mol. The number of ether oxygens (including phenoxy) is 1. The van der Waals surface area contributed by atoms with Crippen LogP contribution in [0.5, 0.6) is 5.75 Å². The molecule has 128 valence electrons. The van der Waals surface area contributed by atoms with Gasteiger partial charge in [-0.2, -0.15) is 0 Å². The predicted octanol–water partition coefficient (Wildman–Crippen LogP) is 4.00. The molecule has 0 heterocycles. The molecule has 0 atom stereocenters. The van der Waals surface area contributed by atoms with Crippen LogP contribution in [0, 0.1) is 6.92 Å². The van der Waals surface area contributed by atoms with Crippen LogP contribution < -0.4 is 10.1 Å². The molecule has 1 N–H and O–H groups in total. The maximum Gasteiger partial charge on any atom is 0.317 e. The van der Waals surface area contributed by atoms with Gasteiger partial charge in [-0.1, -0.05) is 48.5 Å². The third-order valence-corrected chi connectivity index (χ3v) is 3.83. The molecular formula is C20H26N2O2. The Hall–Kier alpha value is -2.49. The summed E-state index contributed by atoms with van der Waals surface area (Å²) >= 11 is 0. The number of amides is 2. The van der Waals surface area contributed by atoms with E-state index in [0.29, 0.717) is 26.2 Å². The lowest BCUT2D eigenvalue weighted by atomic mass is 10.2. The fraction of sp³-hybridized carbons (Fsp3) is 0.350. The van der Waals surface area contributed by atoms with Crippen LogP contribution in [0.15, 0.2) is 54.6 Å². The summed E-state index contributed by atoms with van der Waals surface area (Å²) in [5.74, 6) is 0.906. The molecule has 2 rings (SSSR count). The molecule has 0 radical (unpaired) electrons. The summed E-state index contributed by atoms with van der Waals surface area (Å²) < 4.78 is 5.74. The van der Waals surface area contributed by atoms with Crippen molar-refractivity contribution in [1.82, 2.24) is 10.2 Å². The molecule has 24 heavy (non-hydrogen) atoms. The SMILES string of the molecule is CCN(Cc1ccccc1)C(=O)NCCCOc1ccccc1C. The molecule has 4 nitrogen and oxygen atoms in total. The summed E-state index contributed by atoms with van der Waals surface area (Å²) in [6.07, 6.45) is 0.781. The van der Waals surface area contributed by atoms with E-state index in [1.165, 1.54) is 0 Å². The van der Waals surface area contributed by atoms with E-state index in [4.69, 9.17) is 4.74 Å². The number of carbonyl (C=O) groups excluding carboxylic acids is 1. The summed E-state index contributed by atoms with van der Waals surface area (Å²) in [6, 6.07) is 17.9. The Balaban J connectivity index is 1.69. The molecule has 0 unspecified atom stereocenters. The molecule has 0 aromatic heterocycles. The standard InChI is InChI=1S/C20H26N2O2/c1-3-22(16-18-11-5-4-6-12-18)20(23)21-14-9-15-24-19-13-8-7-10-17(19)2/h4-8,10-13H,3,9,14-16H2,1-2H3,(H,21,23). The average molecular weight is 326 g/mol. The van der Waals surface area contributed by atoms with Gasteiger partial charge >= 0.3 is 6.03 Å². The summed E-state index contributed by atoms with van der Waals surface area (Å²) in [5.41, 5.74) is 2.26. The normalized spacial score (nSPS) is 10.2. The van der Waals surface area contributed by atoms with Crippen LogP contribution in [0.3, 0.4) is 0 Å². The van der Waals surface area contributed by atoms with Gasteiger partial charge in [-0.3, -0.25) is 0 Å². The molecule has 0 bridgehead atoms. The van der Waals surface area contributed by atoms with Crippen molar-refractivity contribution in [2.45, 2.75) is 26.8 Å². The minimum Gasteiger partial charge on any atom is -0.493 e. The number of nitrogens with zero attached hydrogens (tertiary/aromatic N) is 1. The Morgan fingerprint density at radius 1 is 1.08 bits per heavy atom. The van der Waals surface area contributed by atoms with Gasteiger partial charge in [-0.15, -0.1) is 0 Å². The van der Waals surface area contributed by atoms with E-state index in [9.17, 15) is 4.79 Å². The van der Waals surface area contributed by atoms with Crippen molar-refractivity contribution in [2.24, 2.45) is 0 Å². The van der Waals surface area contributed by atoms with Crippen molar-refractivity contribution in [1.29, 1.82) is 0 Å². The van der Waals surface area contributed by atoms with E-state index in [2.05, 4.69) is 5.32 Å². The molecule has 0 spiro atoms. The molecule has 2 aromatic carbocycles. The highest BCUT2D eigenvalue weighted by Crippen LogP contribution is 2.16. The Kier molecular flexibility index (Phi) is 7.15. The summed E-state index contributed by atoms with van der Waals surface area (Å²) in [4.78, 5) is 14.0. The molecule has 2 aromatic rings. The molecule has 0 saturated carbocycles. The molecule has 0 aliphatic carbocycles. The number of hydrogen-bond donors (Lipinski definition) is 1. The van der Waals surface area contributed by atoms with Crippen molar-refractivity contribution in [3.63, 3.8) is 0 Å². The Morgan fingerprint density at radius 2 is 1.79 bits per heavy atom. The Bertz CT molecular complexity index is 629. The monoisotopic (exact) mass is 326 g/mol. The van der Waals surface area contributed by atoms with Gasteiger partial charge in [0.1, 0.15) is 5.75 Å². The zero-order valence-corrected chi connectivity index (χ0v) is 14.5. The van der Waals surface area contributed by atoms with Gasteiger partial charge < -0.3 is 15.0 Å². The number of hydrogen-bond acceptors (Lipinski definition) is 2. The minimum absolute atomic E-state index is 0.0303. The lowest BCUT2D eigenvalue weighted by Gasteiger charge is -2.21. The summed E-state index contributed by atoms with van der Waals surface area (Å²) in [7, 11) is 0. The molecule has 0 aliphatic heterocycles. The number of benzene rings is 2.